The molecule has 0 unspecified atom stereocenters. The van der Waals surface area contributed by atoms with Crippen LogP contribution in [0.3, 0.4) is 0 Å². The van der Waals surface area contributed by atoms with Gasteiger partial charge in [0.05, 0.1) is 18.5 Å². The van der Waals surface area contributed by atoms with E-state index in [1.54, 1.807) is 12.1 Å². The Hall–Kier alpha value is -2.37. The molecule has 0 aliphatic carbocycles. The van der Waals surface area contributed by atoms with E-state index in [1.165, 1.54) is 6.92 Å². The van der Waals surface area contributed by atoms with Gasteiger partial charge in [-0.25, -0.2) is 0 Å². The van der Waals surface area contributed by atoms with Crippen LogP contribution in [0.15, 0.2) is 54.6 Å². The summed E-state index contributed by atoms with van der Waals surface area (Å²) in [6.45, 7) is 3.76. The van der Waals surface area contributed by atoms with Crippen LogP contribution in [0.25, 0.3) is 0 Å². The van der Waals surface area contributed by atoms with Crippen molar-refractivity contribution >= 4 is 23.4 Å². The highest BCUT2D eigenvalue weighted by Crippen LogP contribution is 2.28. The normalized spacial score (nSPS) is 18.5. The van der Waals surface area contributed by atoms with Crippen molar-refractivity contribution in [3.05, 3.63) is 70.7 Å². The molecule has 2 aromatic rings. The lowest BCUT2D eigenvalue weighted by molar-refractivity contribution is -0.137. The van der Waals surface area contributed by atoms with Crippen molar-refractivity contribution in [2.45, 2.75) is 25.4 Å². The minimum atomic E-state index is -0.377. The number of amides is 2. The van der Waals surface area contributed by atoms with E-state index in [-0.39, 0.29) is 30.3 Å². The second-order valence-electron chi connectivity index (χ2n) is 7.28. The Balaban J connectivity index is 1.80. The van der Waals surface area contributed by atoms with Gasteiger partial charge in [-0.3, -0.25) is 9.59 Å². The summed E-state index contributed by atoms with van der Waals surface area (Å²) in [5, 5.41) is 3.53. The van der Waals surface area contributed by atoms with E-state index in [1.807, 2.05) is 35.2 Å². The Morgan fingerprint density at radius 1 is 1.11 bits per heavy atom. The van der Waals surface area contributed by atoms with E-state index < -0.39 is 0 Å². The zero-order valence-electron chi connectivity index (χ0n) is 16.3. The first-order valence-corrected chi connectivity index (χ1v) is 9.87. The molecule has 0 saturated carbocycles. The van der Waals surface area contributed by atoms with Crippen molar-refractivity contribution < 1.29 is 9.59 Å². The summed E-state index contributed by atoms with van der Waals surface area (Å²) >= 11 is 5.98. The topological polar surface area (TPSA) is 52.7 Å². The Bertz CT molecular complexity index is 810. The maximum Gasteiger partial charge on any atom is 0.225 e. The summed E-state index contributed by atoms with van der Waals surface area (Å²) in [6, 6.07) is 17.0. The average molecular weight is 400 g/mol. The van der Waals surface area contributed by atoms with Gasteiger partial charge in [-0.1, -0.05) is 54.1 Å². The molecule has 3 rings (SSSR count). The van der Waals surface area contributed by atoms with Gasteiger partial charge in [-0.2, -0.15) is 0 Å². The fraction of sp³-hybridized carbons (Fsp3) is 0.364. The number of benzene rings is 2. The van der Waals surface area contributed by atoms with Crippen LogP contribution in [0.2, 0.25) is 5.02 Å². The first kappa shape index (κ1) is 20.4. The molecule has 1 aliphatic rings. The van der Waals surface area contributed by atoms with Crippen molar-refractivity contribution in [3.8, 4) is 0 Å². The second-order valence-corrected chi connectivity index (χ2v) is 7.72. The predicted molar refractivity (Wildman–Crippen MR) is 111 cm³/mol. The van der Waals surface area contributed by atoms with E-state index >= 15 is 0 Å². The van der Waals surface area contributed by atoms with Gasteiger partial charge < -0.3 is 15.1 Å². The molecular formula is C22H26ClN3O2. The number of piperazine rings is 1. The Labute approximate surface area is 171 Å². The Morgan fingerprint density at radius 2 is 1.79 bits per heavy atom. The molecule has 2 atom stereocenters. The van der Waals surface area contributed by atoms with Gasteiger partial charge in [0.1, 0.15) is 0 Å². The third-order valence-electron chi connectivity index (χ3n) is 5.12. The fourth-order valence-electron chi connectivity index (χ4n) is 3.66. The molecule has 5 nitrogen and oxygen atoms in total. The lowest BCUT2D eigenvalue weighted by atomic mass is 9.99. The SMILES string of the molecule is CC(=O)N[C@H](CC(=O)N1CCN(C)C[C@@H]1c1ccccc1)c1ccc(Cl)cc1. The quantitative estimate of drug-likeness (QED) is 0.838. The monoisotopic (exact) mass is 399 g/mol. The molecule has 2 aromatic carbocycles. The molecule has 1 heterocycles. The number of hydrogen-bond acceptors (Lipinski definition) is 3. The van der Waals surface area contributed by atoms with Gasteiger partial charge in [-0.15, -0.1) is 0 Å². The number of likely N-dealkylation sites (N-methyl/N-ethyl adjacent to an activating group) is 1. The smallest absolute Gasteiger partial charge is 0.225 e. The summed E-state index contributed by atoms with van der Waals surface area (Å²) in [4.78, 5) is 29.1. The molecule has 2 amide bonds. The number of nitrogens with one attached hydrogen (secondary N) is 1. The largest absolute Gasteiger partial charge is 0.349 e. The first-order valence-electron chi connectivity index (χ1n) is 9.49. The van der Waals surface area contributed by atoms with E-state index in [0.29, 0.717) is 11.6 Å². The molecule has 1 fully saturated rings. The van der Waals surface area contributed by atoms with Crippen LogP contribution in [0.1, 0.15) is 36.6 Å². The Morgan fingerprint density at radius 3 is 2.43 bits per heavy atom. The van der Waals surface area contributed by atoms with Gasteiger partial charge in [0.25, 0.3) is 0 Å². The summed E-state index contributed by atoms with van der Waals surface area (Å²) in [5.74, 6) is -0.124. The molecule has 0 radical (unpaired) electrons. The molecule has 6 heteroatoms. The number of hydrogen-bond donors (Lipinski definition) is 1. The van der Waals surface area contributed by atoms with Crippen LogP contribution < -0.4 is 5.32 Å². The number of rotatable bonds is 5. The Kier molecular flexibility index (Phi) is 6.70. The number of halogens is 1. The predicted octanol–water partition coefficient (Wildman–Crippen LogP) is 3.42. The van der Waals surface area contributed by atoms with E-state index in [0.717, 1.165) is 24.2 Å². The molecule has 28 heavy (non-hydrogen) atoms. The van der Waals surface area contributed by atoms with Gasteiger partial charge in [0.2, 0.25) is 11.8 Å². The molecular weight excluding hydrogens is 374 g/mol. The average Bonchev–Trinajstić information content (AvgIpc) is 2.68. The minimum absolute atomic E-state index is 0.00986. The van der Waals surface area contributed by atoms with E-state index in [2.05, 4.69) is 29.4 Å². The summed E-state index contributed by atoms with van der Waals surface area (Å²) < 4.78 is 0. The molecule has 1 aliphatic heterocycles. The fourth-order valence-corrected chi connectivity index (χ4v) is 3.79. The number of carbonyl (C=O) groups is 2. The van der Waals surface area contributed by atoms with Crippen molar-refractivity contribution in [3.63, 3.8) is 0 Å². The molecule has 1 saturated heterocycles. The zero-order chi connectivity index (χ0) is 20.1. The molecule has 1 N–H and O–H groups in total. The molecule has 0 spiro atoms. The van der Waals surface area contributed by atoms with Crippen LogP contribution in [0.5, 0.6) is 0 Å². The van der Waals surface area contributed by atoms with Gasteiger partial charge in [0.15, 0.2) is 0 Å². The highest BCUT2D eigenvalue weighted by molar-refractivity contribution is 6.30. The van der Waals surface area contributed by atoms with Crippen LogP contribution >= 0.6 is 11.6 Å². The molecule has 0 bridgehead atoms. The zero-order valence-corrected chi connectivity index (χ0v) is 17.0. The summed E-state index contributed by atoms with van der Waals surface area (Å²) in [5.41, 5.74) is 2.00. The van der Waals surface area contributed by atoms with Crippen molar-refractivity contribution in [2.75, 3.05) is 26.7 Å². The van der Waals surface area contributed by atoms with Gasteiger partial charge in [0, 0.05) is 31.6 Å². The van der Waals surface area contributed by atoms with Gasteiger partial charge >= 0.3 is 0 Å². The number of nitrogens with zero attached hydrogens (tertiary/aromatic N) is 2. The number of carbonyl (C=O) groups excluding carboxylic acids is 2. The lowest BCUT2D eigenvalue weighted by Gasteiger charge is -2.41. The molecule has 0 aromatic heterocycles. The first-order chi connectivity index (χ1) is 13.4. The van der Waals surface area contributed by atoms with Crippen LogP contribution in [0.4, 0.5) is 0 Å². The van der Waals surface area contributed by atoms with Crippen LogP contribution in [-0.2, 0) is 9.59 Å². The maximum atomic E-state index is 13.3. The molecule has 148 valence electrons. The van der Waals surface area contributed by atoms with Crippen molar-refractivity contribution in [2.24, 2.45) is 0 Å². The van der Waals surface area contributed by atoms with Crippen LogP contribution in [0, 0.1) is 0 Å². The highest BCUT2D eigenvalue weighted by atomic mass is 35.5. The third kappa shape index (κ3) is 5.12. The van der Waals surface area contributed by atoms with E-state index in [9.17, 15) is 9.59 Å². The third-order valence-corrected chi connectivity index (χ3v) is 5.37. The van der Waals surface area contributed by atoms with E-state index in [4.69, 9.17) is 11.6 Å². The highest BCUT2D eigenvalue weighted by Gasteiger charge is 2.31. The lowest BCUT2D eigenvalue weighted by Crippen LogP contribution is -2.50. The maximum absolute atomic E-state index is 13.3. The standard InChI is InChI=1S/C22H26ClN3O2/c1-16(27)24-20(17-8-10-19(23)11-9-17)14-22(28)26-13-12-25(2)15-21(26)18-6-4-3-5-7-18/h3-11,20-21H,12-15H2,1-2H3,(H,24,27)/t20-,21-/m1/s1. The summed E-state index contributed by atoms with van der Waals surface area (Å²) in [6.07, 6.45) is 0.217. The van der Waals surface area contributed by atoms with Crippen LogP contribution in [-0.4, -0.2) is 48.3 Å². The second kappa shape index (κ2) is 9.22. The van der Waals surface area contributed by atoms with Crippen molar-refractivity contribution in [1.82, 2.24) is 15.1 Å². The minimum Gasteiger partial charge on any atom is -0.349 e. The summed E-state index contributed by atoms with van der Waals surface area (Å²) in [7, 11) is 2.07. The van der Waals surface area contributed by atoms with Gasteiger partial charge in [-0.05, 0) is 30.3 Å². The van der Waals surface area contributed by atoms with Crippen molar-refractivity contribution in [1.29, 1.82) is 0 Å².